The van der Waals surface area contributed by atoms with Crippen LogP contribution in [0, 0.1) is 0 Å². The van der Waals surface area contributed by atoms with Crippen molar-refractivity contribution < 1.29 is 4.74 Å². The Kier molecular flexibility index (Phi) is 5.62. The molecule has 2 rings (SSSR count). The molecule has 2 aromatic carbocycles. The predicted molar refractivity (Wildman–Crippen MR) is 87.0 cm³/mol. The molecule has 0 radical (unpaired) electrons. The molecule has 2 aromatic rings. The zero-order valence-corrected chi connectivity index (χ0v) is 13.5. The molecule has 1 unspecified atom stereocenters. The molecule has 0 bridgehead atoms. The van der Waals surface area contributed by atoms with E-state index in [-0.39, 0.29) is 0 Å². The minimum atomic E-state index is 0.319. The van der Waals surface area contributed by atoms with E-state index in [0.717, 1.165) is 16.8 Å². The van der Waals surface area contributed by atoms with Gasteiger partial charge in [0.25, 0.3) is 0 Å². The van der Waals surface area contributed by atoms with Gasteiger partial charge in [-0.1, -0.05) is 40.2 Å². The second-order valence-electron chi connectivity index (χ2n) is 4.73. The summed E-state index contributed by atoms with van der Waals surface area (Å²) < 4.78 is 6.56. The smallest absolute Gasteiger partial charge is 0.119 e. The van der Waals surface area contributed by atoms with Gasteiger partial charge in [0.05, 0.1) is 6.61 Å². The molecule has 1 atom stereocenters. The first-order valence-corrected chi connectivity index (χ1v) is 7.69. The highest BCUT2D eigenvalue weighted by Crippen LogP contribution is 2.18. The van der Waals surface area contributed by atoms with E-state index in [4.69, 9.17) is 4.74 Å². The highest BCUT2D eigenvalue weighted by molar-refractivity contribution is 9.10. The summed E-state index contributed by atoms with van der Waals surface area (Å²) in [5, 5.41) is 3.53. The molecule has 0 spiro atoms. The largest absolute Gasteiger partial charge is 0.494 e. The number of nitrogens with one attached hydrogen (secondary N) is 1. The minimum absolute atomic E-state index is 0.319. The van der Waals surface area contributed by atoms with Gasteiger partial charge in [0.2, 0.25) is 0 Å². The van der Waals surface area contributed by atoms with Gasteiger partial charge in [0, 0.05) is 17.1 Å². The van der Waals surface area contributed by atoms with Crippen molar-refractivity contribution in [3.05, 3.63) is 64.1 Å². The lowest BCUT2D eigenvalue weighted by molar-refractivity contribution is 0.340. The van der Waals surface area contributed by atoms with E-state index >= 15 is 0 Å². The first-order valence-electron chi connectivity index (χ1n) is 6.89. The van der Waals surface area contributed by atoms with Gasteiger partial charge in [-0.2, -0.15) is 0 Å². The molecule has 0 aromatic heterocycles. The van der Waals surface area contributed by atoms with Crippen LogP contribution in [0.5, 0.6) is 5.75 Å². The van der Waals surface area contributed by atoms with Crippen LogP contribution in [0.2, 0.25) is 0 Å². The summed E-state index contributed by atoms with van der Waals surface area (Å²) in [7, 11) is 0. The molecule has 106 valence electrons. The number of benzene rings is 2. The van der Waals surface area contributed by atoms with Gasteiger partial charge < -0.3 is 10.1 Å². The Morgan fingerprint density at radius 2 is 1.90 bits per heavy atom. The van der Waals surface area contributed by atoms with Crippen molar-refractivity contribution in [1.29, 1.82) is 0 Å². The minimum Gasteiger partial charge on any atom is -0.494 e. The second kappa shape index (κ2) is 7.46. The molecule has 3 heteroatoms. The van der Waals surface area contributed by atoms with E-state index < -0.39 is 0 Å². The summed E-state index contributed by atoms with van der Waals surface area (Å²) >= 11 is 3.51. The van der Waals surface area contributed by atoms with E-state index in [1.807, 2.05) is 25.1 Å². The highest BCUT2D eigenvalue weighted by atomic mass is 79.9. The van der Waals surface area contributed by atoms with Crippen LogP contribution in [0.4, 0.5) is 0 Å². The molecule has 1 N–H and O–H groups in total. The topological polar surface area (TPSA) is 21.3 Å². The van der Waals surface area contributed by atoms with Crippen LogP contribution in [-0.4, -0.2) is 6.61 Å². The van der Waals surface area contributed by atoms with Crippen molar-refractivity contribution in [3.63, 3.8) is 0 Å². The predicted octanol–water partition coefficient (Wildman–Crippen LogP) is 4.70. The molecule has 0 amide bonds. The summed E-state index contributed by atoms with van der Waals surface area (Å²) in [4.78, 5) is 0. The van der Waals surface area contributed by atoms with Crippen molar-refractivity contribution in [2.75, 3.05) is 6.61 Å². The number of halogens is 1. The summed E-state index contributed by atoms with van der Waals surface area (Å²) in [6, 6.07) is 17.0. The molecule has 0 aliphatic heterocycles. The van der Waals surface area contributed by atoms with Crippen LogP contribution in [-0.2, 0) is 6.54 Å². The van der Waals surface area contributed by atoms with Crippen LogP contribution in [0.15, 0.2) is 53.0 Å². The summed E-state index contributed by atoms with van der Waals surface area (Å²) in [6.45, 7) is 5.73. The van der Waals surface area contributed by atoms with E-state index in [1.165, 1.54) is 11.1 Å². The maximum Gasteiger partial charge on any atom is 0.119 e. The fraction of sp³-hybridized carbons (Fsp3) is 0.294. The van der Waals surface area contributed by atoms with Crippen molar-refractivity contribution in [1.82, 2.24) is 5.32 Å². The van der Waals surface area contributed by atoms with Crippen molar-refractivity contribution in [2.45, 2.75) is 26.4 Å². The third-order valence-electron chi connectivity index (χ3n) is 3.20. The van der Waals surface area contributed by atoms with E-state index in [2.05, 4.69) is 58.5 Å². The number of hydrogen-bond donors (Lipinski definition) is 1. The van der Waals surface area contributed by atoms with Crippen LogP contribution in [0.1, 0.15) is 31.0 Å². The fourth-order valence-corrected chi connectivity index (χ4v) is 2.45. The zero-order valence-electron chi connectivity index (χ0n) is 11.9. The Hall–Kier alpha value is -1.32. The van der Waals surface area contributed by atoms with Crippen LogP contribution in [0.25, 0.3) is 0 Å². The molecule has 0 aliphatic carbocycles. The van der Waals surface area contributed by atoms with Gasteiger partial charge in [-0.15, -0.1) is 0 Å². The Bertz CT molecular complexity index is 539. The molecule has 0 fully saturated rings. The lowest BCUT2D eigenvalue weighted by Gasteiger charge is -2.15. The Morgan fingerprint density at radius 3 is 2.55 bits per heavy atom. The van der Waals surface area contributed by atoms with Gasteiger partial charge in [0.1, 0.15) is 5.75 Å². The number of hydrogen-bond acceptors (Lipinski definition) is 2. The Morgan fingerprint density at radius 1 is 1.15 bits per heavy atom. The lowest BCUT2D eigenvalue weighted by Crippen LogP contribution is -2.18. The summed E-state index contributed by atoms with van der Waals surface area (Å²) in [5.74, 6) is 0.927. The van der Waals surface area contributed by atoms with E-state index in [9.17, 15) is 0 Å². The lowest BCUT2D eigenvalue weighted by atomic mass is 10.1. The quantitative estimate of drug-likeness (QED) is 0.827. The van der Waals surface area contributed by atoms with E-state index in [0.29, 0.717) is 12.6 Å². The number of rotatable bonds is 6. The zero-order chi connectivity index (χ0) is 14.4. The van der Waals surface area contributed by atoms with Gasteiger partial charge in [-0.05, 0) is 49.2 Å². The third kappa shape index (κ3) is 4.36. The highest BCUT2D eigenvalue weighted by Gasteiger charge is 2.05. The normalized spacial score (nSPS) is 12.2. The Labute approximate surface area is 129 Å². The maximum atomic E-state index is 5.44. The average molecular weight is 334 g/mol. The van der Waals surface area contributed by atoms with Crippen molar-refractivity contribution in [2.24, 2.45) is 0 Å². The van der Waals surface area contributed by atoms with Crippen molar-refractivity contribution >= 4 is 15.9 Å². The van der Waals surface area contributed by atoms with Gasteiger partial charge in [0.15, 0.2) is 0 Å². The van der Waals surface area contributed by atoms with Gasteiger partial charge >= 0.3 is 0 Å². The first-order chi connectivity index (χ1) is 9.69. The van der Waals surface area contributed by atoms with Crippen LogP contribution in [0.3, 0.4) is 0 Å². The second-order valence-corrected chi connectivity index (χ2v) is 5.65. The van der Waals surface area contributed by atoms with Crippen LogP contribution < -0.4 is 10.1 Å². The summed E-state index contributed by atoms with van der Waals surface area (Å²) in [5.41, 5.74) is 2.54. The maximum absolute atomic E-state index is 5.44. The molecular weight excluding hydrogens is 314 g/mol. The molecular formula is C17H20BrNO. The third-order valence-corrected chi connectivity index (χ3v) is 3.69. The molecule has 20 heavy (non-hydrogen) atoms. The Balaban J connectivity index is 1.91. The van der Waals surface area contributed by atoms with Gasteiger partial charge in [-0.3, -0.25) is 0 Å². The monoisotopic (exact) mass is 333 g/mol. The first kappa shape index (κ1) is 15.1. The molecule has 0 saturated heterocycles. The molecule has 2 nitrogen and oxygen atoms in total. The molecule has 0 heterocycles. The number of ether oxygens (including phenoxy) is 1. The average Bonchev–Trinajstić information content (AvgIpc) is 2.46. The van der Waals surface area contributed by atoms with Gasteiger partial charge in [-0.25, -0.2) is 0 Å². The van der Waals surface area contributed by atoms with E-state index in [1.54, 1.807) is 0 Å². The standard InChI is InChI=1S/C17H20BrNO/c1-3-20-17-9-7-14(8-10-17)12-19-13(2)15-5-4-6-16(18)11-15/h4-11,13,19H,3,12H2,1-2H3. The van der Waals surface area contributed by atoms with Crippen LogP contribution >= 0.6 is 15.9 Å². The SMILES string of the molecule is CCOc1ccc(CNC(C)c2cccc(Br)c2)cc1. The fourth-order valence-electron chi connectivity index (χ4n) is 2.03. The van der Waals surface area contributed by atoms with Crippen molar-refractivity contribution in [3.8, 4) is 5.75 Å². The molecule has 0 aliphatic rings. The molecule has 0 saturated carbocycles. The summed E-state index contributed by atoms with van der Waals surface area (Å²) in [6.07, 6.45) is 0.